The summed E-state index contributed by atoms with van der Waals surface area (Å²) in [5, 5.41) is 1.00. The van der Waals surface area contributed by atoms with Crippen LogP contribution in [-0.4, -0.2) is 86.2 Å². The van der Waals surface area contributed by atoms with Crippen molar-refractivity contribution >= 4 is 37.0 Å². The fourth-order valence-electron chi connectivity index (χ4n) is 9.93. The fourth-order valence-corrected chi connectivity index (χ4v) is 13.8. The highest BCUT2D eigenvalue weighted by Gasteiger charge is 2.69. The van der Waals surface area contributed by atoms with Crippen molar-refractivity contribution < 1.29 is 31.1 Å². The minimum absolute atomic E-state index is 0.0704. The number of carbonyl (C=O) groups excluding carboxylic acids is 1. The first-order chi connectivity index (χ1) is 23.6. The second-order valence-corrected chi connectivity index (χ2v) is 18.8. The zero-order valence-electron chi connectivity index (χ0n) is 27.9. The number of fused-ring (bicyclic) bond motifs is 9. The van der Waals surface area contributed by atoms with E-state index in [-0.39, 0.29) is 56.4 Å². The third kappa shape index (κ3) is 4.86. The molecule has 2 aromatic carbocycles. The van der Waals surface area contributed by atoms with Gasteiger partial charge >= 0.3 is 10.2 Å². The molecule has 0 radical (unpaired) electrons. The Morgan fingerprint density at radius 3 is 2.33 bits per heavy atom. The molecule has 0 spiro atoms. The smallest absolute Gasteiger partial charge is 0.304 e. The van der Waals surface area contributed by atoms with Crippen LogP contribution in [0.5, 0.6) is 5.75 Å². The molecule has 6 aliphatic rings. The number of benzene rings is 2. The quantitative estimate of drug-likeness (QED) is 0.371. The maximum Gasteiger partial charge on any atom is 0.304 e. The van der Waals surface area contributed by atoms with Gasteiger partial charge in [-0.15, -0.1) is 0 Å². The number of aromatic nitrogens is 1. The molecule has 4 aliphatic heterocycles. The number of methoxy groups -OCH3 is 1. The van der Waals surface area contributed by atoms with Gasteiger partial charge in [-0.2, -0.15) is 17.0 Å². The van der Waals surface area contributed by atoms with E-state index < -0.39 is 30.9 Å². The molecule has 49 heavy (non-hydrogen) atoms. The summed E-state index contributed by atoms with van der Waals surface area (Å²) in [6.07, 6.45) is 9.76. The number of nitrogens with one attached hydrogen (secondary N) is 1. The van der Waals surface area contributed by atoms with Crippen LogP contribution in [0.4, 0.5) is 0 Å². The maximum absolute atomic E-state index is 15.0. The van der Waals surface area contributed by atoms with E-state index in [0.717, 1.165) is 79.1 Å². The van der Waals surface area contributed by atoms with Crippen LogP contribution in [-0.2, 0) is 31.5 Å². The fraction of sp³-hybridized carbons (Fsp3) is 0.583. The number of nitrogens with zero attached hydrogens (tertiary/aromatic N) is 3. The highest BCUT2D eigenvalue weighted by atomic mass is 32.2. The van der Waals surface area contributed by atoms with E-state index in [1.807, 2.05) is 22.5 Å². The summed E-state index contributed by atoms with van der Waals surface area (Å²) in [6.45, 7) is 1.19. The Balaban J connectivity index is 1.22. The molecule has 2 saturated carbocycles. The summed E-state index contributed by atoms with van der Waals surface area (Å²) in [6, 6.07) is 11.7. The molecule has 5 heterocycles. The van der Waals surface area contributed by atoms with Crippen molar-refractivity contribution in [1.82, 2.24) is 17.9 Å². The third-order valence-electron chi connectivity index (χ3n) is 12.4. The highest BCUT2D eigenvalue weighted by molar-refractivity contribution is 7.91. The van der Waals surface area contributed by atoms with Crippen LogP contribution in [0.2, 0.25) is 0 Å². The third-order valence-corrected chi connectivity index (χ3v) is 16.7. The van der Waals surface area contributed by atoms with Crippen molar-refractivity contribution in [3.63, 3.8) is 0 Å². The van der Waals surface area contributed by atoms with Gasteiger partial charge in [-0.1, -0.05) is 25.3 Å². The first-order valence-corrected chi connectivity index (χ1v) is 20.8. The van der Waals surface area contributed by atoms with Gasteiger partial charge in [-0.25, -0.2) is 13.1 Å². The van der Waals surface area contributed by atoms with Crippen molar-refractivity contribution in [1.29, 1.82) is 0 Å². The number of carbonyl (C=O) groups is 1. The van der Waals surface area contributed by atoms with Gasteiger partial charge in [0.25, 0.3) is 5.91 Å². The number of amides is 1. The van der Waals surface area contributed by atoms with Crippen molar-refractivity contribution in [2.75, 3.05) is 33.4 Å². The number of hydrogen-bond acceptors (Lipinski definition) is 7. The maximum atomic E-state index is 15.0. The second-order valence-electron chi connectivity index (χ2n) is 14.9. The minimum atomic E-state index is -4.06. The van der Waals surface area contributed by atoms with Gasteiger partial charge in [-0.05, 0) is 92.3 Å². The Kier molecular flexibility index (Phi) is 7.52. The summed E-state index contributed by atoms with van der Waals surface area (Å²) in [5.74, 6) is 0.117. The number of rotatable bonds is 7. The topological polar surface area (TPSA) is 127 Å². The monoisotopic (exact) mass is 708 g/mol. The molecule has 1 amide bonds. The number of morpholine rings is 1. The lowest BCUT2D eigenvalue weighted by Gasteiger charge is -2.29. The van der Waals surface area contributed by atoms with E-state index in [0.29, 0.717) is 18.1 Å². The molecule has 9 rings (SSSR count). The summed E-state index contributed by atoms with van der Waals surface area (Å²) in [7, 11) is -6.12. The van der Waals surface area contributed by atoms with E-state index in [1.165, 1.54) is 16.3 Å². The minimum Gasteiger partial charge on any atom is -0.497 e. The van der Waals surface area contributed by atoms with Gasteiger partial charge in [0, 0.05) is 59.7 Å². The predicted molar refractivity (Wildman–Crippen MR) is 185 cm³/mol. The molecule has 5 fully saturated rings. The standard InChI is InChI=1S/C36H44N4O7S2/c1-46-27-12-14-28-30(20-27)31-21-36(31,48(42,43)40-25-8-9-26(40)11-10-25)22-39-32-19-24(35(41)37-49(44,45)38-15-17-47-18-16-38)7-13-29(32)33(34(28)39)23-5-3-2-4-6-23/h7,12-14,19-20,23,25-26,31H,2-6,8-11,15-18,21-22H2,1H3,(H,37,41). The van der Waals surface area contributed by atoms with E-state index >= 15 is 8.42 Å². The Hall–Kier alpha value is -2.97. The Labute approximate surface area is 288 Å². The summed E-state index contributed by atoms with van der Waals surface area (Å²) < 4.78 is 73.9. The summed E-state index contributed by atoms with van der Waals surface area (Å²) in [4.78, 5) is 13.6. The molecule has 262 valence electrons. The van der Waals surface area contributed by atoms with Crippen LogP contribution in [0, 0.1) is 0 Å². The van der Waals surface area contributed by atoms with Crippen LogP contribution in [0.3, 0.4) is 0 Å². The first kappa shape index (κ1) is 32.0. The van der Waals surface area contributed by atoms with Crippen LogP contribution < -0.4 is 9.46 Å². The molecule has 2 unspecified atom stereocenters. The van der Waals surface area contributed by atoms with E-state index in [4.69, 9.17) is 9.47 Å². The molecular formula is C36H44N4O7S2. The lowest BCUT2D eigenvalue weighted by Crippen LogP contribution is -2.48. The van der Waals surface area contributed by atoms with Gasteiger partial charge in [0.2, 0.25) is 10.0 Å². The van der Waals surface area contributed by atoms with Gasteiger partial charge < -0.3 is 14.0 Å². The summed E-state index contributed by atoms with van der Waals surface area (Å²) in [5.41, 5.74) is 5.29. The zero-order valence-corrected chi connectivity index (χ0v) is 29.5. The molecule has 1 aromatic heterocycles. The lowest BCUT2D eigenvalue weighted by molar-refractivity contribution is 0.0719. The molecule has 1 N–H and O–H groups in total. The Morgan fingerprint density at radius 1 is 0.918 bits per heavy atom. The van der Waals surface area contributed by atoms with E-state index in [1.54, 1.807) is 19.2 Å². The van der Waals surface area contributed by atoms with Gasteiger partial charge in [0.05, 0.1) is 26.0 Å². The molecule has 2 aliphatic carbocycles. The van der Waals surface area contributed by atoms with Crippen molar-refractivity contribution in [2.45, 2.75) is 99.4 Å². The Bertz CT molecular complexity index is 2050. The molecule has 2 atom stereocenters. The van der Waals surface area contributed by atoms with E-state index in [2.05, 4.69) is 15.4 Å². The normalized spacial score (nSPS) is 28.9. The van der Waals surface area contributed by atoms with Gasteiger partial charge in [0.1, 0.15) is 10.5 Å². The van der Waals surface area contributed by atoms with Crippen molar-refractivity contribution in [2.24, 2.45) is 0 Å². The highest BCUT2D eigenvalue weighted by Crippen LogP contribution is 2.65. The van der Waals surface area contributed by atoms with Crippen LogP contribution in [0.1, 0.15) is 97.5 Å². The molecule has 3 aromatic rings. The SMILES string of the molecule is COc1ccc2c(c1)C1CC1(S(=O)(=O)N1C3CCC1CC3)Cn1c-2c(C2CCCCC2)c2ccc(C(=O)NS(=O)(=O)N3CCOCC3)cc21. The number of sulfonamides is 1. The van der Waals surface area contributed by atoms with Crippen LogP contribution >= 0.6 is 0 Å². The van der Waals surface area contributed by atoms with Crippen molar-refractivity contribution in [3.8, 4) is 17.0 Å². The molecule has 11 nitrogen and oxygen atoms in total. The van der Waals surface area contributed by atoms with Gasteiger partial charge in [0.15, 0.2) is 0 Å². The second kappa shape index (κ2) is 11.5. The van der Waals surface area contributed by atoms with E-state index in [9.17, 15) is 13.2 Å². The first-order valence-electron chi connectivity index (χ1n) is 17.9. The predicted octanol–water partition coefficient (Wildman–Crippen LogP) is 4.87. The summed E-state index contributed by atoms with van der Waals surface area (Å²) >= 11 is 0. The zero-order chi connectivity index (χ0) is 33.7. The molecule has 13 heteroatoms. The molecular weight excluding hydrogens is 665 g/mol. The number of ether oxygens (including phenoxy) is 2. The average molecular weight is 709 g/mol. The number of hydrogen-bond donors (Lipinski definition) is 1. The van der Waals surface area contributed by atoms with Crippen molar-refractivity contribution in [3.05, 3.63) is 53.1 Å². The molecule has 2 bridgehead atoms. The average Bonchev–Trinajstić information content (AvgIpc) is 3.37. The van der Waals surface area contributed by atoms with Gasteiger partial charge in [-0.3, -0.25) is 4.79 Å². The molecule has 3 saturated heterocycles. The van der Waals surface area contributed by atoms with Crippen LogP contribution in [0.15, 0.2) is 36.4 Å². The largest absolute Gasteiger partial charge is 0.497 e. The van der Waals surface area contributed by atoms with Crippen LogP contribution in [0.25, 0.3) is 22.2 Å². The lowest BCUT2D eigenvalue weighted by atomic mass is 9.81. The Morgan fingerprint density at radius 2 is 1.63 bits per heavy atom.